The number of aryl methyl sites for hydroxylation is 1. The van der Waals surface area contributed by atoms with Gasteiger partial charge in [0, 0.05) is 49.9 Å². The van der Waals surface area contributed by atoms with Crippen molar-refractivity contribution in [3.05, 3.63) is 64.2 Å². The summed E-state index contributed by atoms with van der Waals surface area (Å²) in [5, 5.41) is 7.97. The van der Waals surface area contributed by atoms with Gasteiger partial charge in [0.25, 0.3) is 0 Å². The number of halogens is 1. The van der Waals surface area contributed by atoms with Gasteiger partial charge in [-0.25, -0.2) is 5.01 Å². The minimum Gasteiger partial charge on any atom is -0.466 e. The summed E-state index contributed by atoms with van der Waals surface area (Å²) in [6.45, 7) is 5.11. The van der Waals surface area contributed by atoms with Gasteiger partial charge in [0.05, 0.1) is 11.8 Å². The molecule has 1 atom stereocenters. The Morgan fingerprint density at radius 1 is 1.17 bits per heavy atom. The van der Waals surface area contributed by atoms with Crippen LogP contribution in [0, 0.1) is 6.92 Å². The minimum absolute atomic E-state index is 0.121. The van der Waals surface area contributed by atoms with Gasteiger partial charge in [-0.1, -0.05) is 41.9 Å². The number of fused-ring (bicyclic) bond motifs is 4. The van der Waals surface area contributed by atoms with E-state index in [2.05, 4.69) is 30.1 Å². The predicted molar refractivity (Wildman–Crippen MR) is 113 cm³/mol. The van der Waals surface area contributed by atoms with Gasteiger partial charge in [-0.15, -0.1) is 0 Å². The van der Waals surface area contributed by atoms with Crippen LogP contribution in [0.25, 0.3) is 0 Å². The molecule has 2 aromatic rings. The summed E-state index contributed by atoms with van der Waals surface area (Å²) in [4.78, 5) is 13.7. The zero-order chi connectivity index (χ0) is 20.2. The monoisotopic (exact) mass is 409 g/mol. The van der Waals surface area contributed by atoms with E-state index >= 15 is 0 Å². The molecule has 29 heavy (non-hydrogen) atoms. The summed E-state index contributed by atoms with van der Waals surface area (Å²) in [5.41, 5.74) is 3.98. The molecule has 1 amide bonds. The number of ether oxygens (including phenoxy) is 1. The number of hydrogen-bond donors (Lipinski definition) is 0. The first-order valence-electron chi connectivity index (χ1n) is 10.1. The van der Waals surface area contributed by atoms with Crippen molar-refractivity contribution in [3.63, 3.8) is 0 Å². The molecule has 0 unspecified atom stereocenters. The molecule has 0 radical (unpaired) electrons. The van der Waals surface area contributed by atoms with E-state index in [1.54, 1.807) is 6.92 Å². The summed E-state index contributed by atoms with van der Waals surface area (Å²) < 4.78 is 6.70. The Kier molecular flexibility index (Phi) is 4.32. The molecule has 6 heteroatoms. The molecule has 1 saturated heterocycles. The topological polar surface area (TPSA) is 45.1 Å². The number of hydrogen-bond acceptors (Lipinski definition) is 4. The summed E-state index contributed by atoms with van der Waals surface area (Å²) in [7, 11) is 0. The first-order chi connectivity index (χ1) is 14.0. The molecule has 0 saturated carbocycles. The van der Waals surface area contributed by atoms with Gasteiger partial charge in [-0.2, -0.15) is 5.10 Å². The highest BCUT2D eigenvalue weighted by Crippen LogP contribution is 2.50. The minimum atomic E-state index is -0.510. The van der Waals surface area contributed by atoms with Crippen LogP contribution >= 0.6 is 11.6 Å². The molecule has 0 N–H and O–H groups in total. The second-order valence-electron chi connectivity index (χ2n) is 8.17. The van der Waals surface area contributed by atoms with Crippen LogP contribution in [-0.4, -0.2) is 40.3 Å². The Labute approximate surface area is 175 Å². The molecule has 0 aliphatic carbocycles. The molecular formula is C23H24ClN3O2. The van der Waals surface area contributed by atoms with Gasteiger partial charge in [0.2, 0.25) is 11.6 Å². The standard InChI is InChI=1S/C23H24ClN3O2/c1-15-4-3-5-19-21-14-20(17-6-8-18(24)9-7-17)25-27(21)23(29-22(15)19)10-12-26(13-11-23)16(2)28/h3-9,21H,10-14H2,1-2H3/t21-/m0/s1. The maximum atomic E-state index is 11.8. The number of amides is 1. The van der Waals surface area contributed by atoms with E-state index < -0.39 is 5.72 Å². The van der Waals surface area contributed by atoms with Gasteiger partial charge in [-0.3, -0.25) is 4.79 Å². The maximum absolute atomic E-state index is 11.8. The fourth-order valence-corrected chi connectivity index (χ4v) is 4.89. The van der Waals surface area contributed by atoms with Crippen LogP contribution in [0.4, 0.5) is 0 Å². The van der Waals surface area contributed by atoms with Crippen LogP contribution < -0.4 is 4.74 Å². The number of benzene rings is 2. The Hall–Kier alpha value is -2.53. The normalized spacial score (nSPS) is 22.0. The fraction of sp³-hybridized carbons (Fsp3) is 0.391. The number of carbonyl (C=O) groups excluding carboxylic acids is 1. The van der Waals surface area contributed by atoms with E-state index in [0.29, 0.717) is 13.1 Å². The Morgan fingerprint density at radius 2 is 1.90 bits per heavy atom. The van der Waals surface area contributed by atoms with E-state index in [4.69, 9.17) is 21.4 Å². The fourth-order valence-electron chi connectivity index (χ4n) is 4.76. The maximum Gasteiger partial charge on any atom is 0.219 e. The third-order valence-corrected chi connectivity index (χ3v) is 6.64. The van der Waals surface area contributed by atoms with E-state index in [1.807, 2.05) is 29.2 Å². The van der Waals surface area contributed by atoms with E-state index in [1.165, 1.54) is 5.56 Å². The summed E-state index contributed by atoms with van der Waals surface area (Å²) in [6.07, 6.45) is 2.32. The average molecular weight is 410 g/mol. The zero-order valence-corrected chi connectivity index (χ0v) is 17.4. The lowest BCUT2D eigenvalue weighted by atomic mass is 9.89. The molecule has 5 nitrogen and oxygen atoms in total. The number of nitrogens with zero attached hydrogens (tertiary/aromatic N) is 3. The summed E-state index contributed by atoms with van der Waals surface area (Å²) in [5.74, 6) is 1.10. The van der Waals surface area contributed by atoms with Gasteiger partial charge in [0.1, 0.15) is 5.75 Å². The van der Waals surface area contributed by atoms with Gasteiger partial charge >= 0.3 is 0 Å². The summed E-state index contributed by atoms with van der Waals surface area (Å²) in [6, 6.07) is 14.4. The van der Waals surface area contributed by atoms with Crippen molar-refractivity contribution in [2.45, 2.75) is 44.9 Å². The smallest absolute Gasteiger partial charge is 0.219 e. The molecule has 5 rings (SSSR count). The summed E-state index contributed by atoms with van der Waals surface area (Å²) >= 11 is 6.08. The van der Waals surface area contributed by atoms with Crippen LogP contribution in [0.15, 0.2) is 47.6 Å². The lowest BCUT2D eigenvalue weighted by Crippen LogP contribution is -2.59. The largest absolute Gasteiger partial charge is 0.466 e. The quantitative estimate of drug-likeness (QED) is 0.695. The number of rotatable bonds is 1. The van der Waals surface area contributed by atoms with Gasteiger partial charge in [-0.05, 0) is 30.2 Å². The second-order valence-corrected chi connectivity index (χ2v) is 8.60. The lowest BCUT2D eigenvalue weighted by Gasteiger charge is -2.51. The first-order valence-corrected chi connectivity index (χ1v) is 10.5. The number of carbonyl (C=O) groups is 1. The molecule has 1 spiro atoms. The highest BCUT2D eigenvalue weighted by Gasteiger charge is 2.52. The van der Waals surface area contributed by atoms with Crippen molar-refractivity contribution in [3.8, 4) is 5.75 Å². The van der Waals surface area contributed by atoms with Crippen LogP contribution in [0.1, 0.15) is 48.9 Å². The van der Waals surface area contributed by atoms with Crippen LogP contribution in [0.2, 0.25) is 5.02 Å². The Bertz CT molecular complexity index is 994. The highest BCUT2D eigenvalue weighted by atomic mass is 35.5. The SMILES string of the molecule is CC(=O)N1CCC2(CC1)Oc1c(C)cccc1[C@@H]1CC(c3ccc(Cl)cc3)=NN12. The molecule has 3 heterocycles. The zero-order valence-electron chi connectivity index (χ0n) is 16.7. The number of likely N-dealkylation sites (tertiary alicyclic amines) is 1. The third kappa shape index (κ3) is 2.99. The number of para-hydroxylation sites is 1. The lowest BCUT2D eigenvalue weighted by molar-refractivity contribution is -0.158. The van der Waals surface area contributed by atoms with Crippen molar-refractivity contribution < 1.29 is 9.53 Å². The number of piperidine rings is 1. The van der Waals surface area contributed by atoms with Crippen molar-refractivity contribution >= 4 is 23.2 Å². The number of hydrazone groups is 1. The van der Waals surface area contributed by atoms with E-state index in [9.17, 15) is 4.79 Å². The molecule has 0 bridgehead atoms. The molecule has 3 aliphatic heterocycles. The van der Waals surface area contributed by atoms with Crippen LogP contribution in [0.5, 0.6) is 5.75 Å². The molecule has 150 valence electrons. The highest BCUT2D eigenvalue weighted by molar-refractivity contribution is 6.30. The van der Waals surface area contributed by atoms with Gasteiger partial charge in [0.15, 0.2) is 0 Å². The second kappa shape index (κ2) is 6.77. The molecule has 1 fully saturated rings. The molecule has 2 aromatic carbocycles. The van der Waals surface area contributed by atoms with Gasteiger partial charge < -0.3 is 9.64 Å². The Balaban J connectivity index is 1.56. The van der Waals surface area contributed by atoms with Crippen LogP contribution in [0.3, 0.4) is 0 Å². The van der Waals surface area contributed by atoms with Crippen molar-refractivity contribution in [2.24, 2.45) is 5.10 Å². The van der Waals surface area contributed by atoms with Crippen molar-refractivity contribution in [2.75, 3.05) is 13.1 Å². The molecule has 3 aliphatic rings. The first kappa shape index (κ1) is 18.5. The predicted octanol–water partition coefficient (Wildman–Crippen LogP) is 4.53. The van der Waals surface area contributed by atoms with Crippen molar-refractivity contribution in [1.82, 2.24) is 9.91 Å². The molecule has 0 aromatic heterocycles. The average Bonchev–Trinajstić information content (AvgIpc) is 3.17. The third-order valence-electron chi connectivity index (χ3n) is 6.39. The van der Waals surface area contributed by atoms with E-state index in [0.717, 1.165) is 46.9 Å². The van der Waals surface area contributed by atoms with E-state index in [-0.39, 0.29) is 11.9 Å². The van der Waals surface area contributed by atoms with Crippen molar-refractivity contribution in [1.29, 1.82) is 0 Å². The van der Waals surface area contributed by atoms with Crippen LogP contribution in [-0.2, 0) is 4.79 Å². The Morgan fingerprint density at radius 3 is 2.59 bits per heavy atom. The molecular weight excluding hydrogens is 386 g/mol.